The van der Waals surface area contributed by atoms with Crippen LogP contribution in [0.1, 0.15) is 49.8 Å². The fraction of sp³-hybridized carbons (Fsp3) is 0.280. The Balaban J connectivity index is 1.56. The maximum atomic E-state index is 15.3. The molecule has 0 aliphatic heterocycles. The first-order chi connectivity index (χ1) is 17.1. The smallest absolute Gasteiger partial charge is 0.467 e. The number of fused-ring (bicyclic) bond motifs is 1. The van der Waals surface area contributed by atoms with E-state index in [9.17, 15) is 8.96 Å². The molecule has 0 bridgehead atoms. The molecule has 11 heteroatoms. The summed E-state index contributed by atoms with van der Waals surface area (Å²) in [6.45, 7) is 3.11. The first kappa shape index (κ1) is 24.5. The van der Waals surface area contributed by atoms with Crippen molar-refractivity contribution >= 4 is 13.5 Å². The lowest BCUT2D eigenvalue weighted by Crippen LogP contribution is -2.02. The molecule has 188 valence electrons. The number of hydrogen-bond donors (Lipinski definition) is 2. The Morgan fingerprint density at radius 2 is 1.92 bits per heavy atom. The fourth-order valence-corrected chi connectivity index (χ4v) is 4.31. The van der Waals surface area contributed by atoms with E-state index in [0.29, 0.717) is 28.2 Å². The van der Waals surface area contributed by atoms with Gasteiger partial charge in [-0.2, -0.15) is 0 Å². The normalized spacial score (nSPS) is 14.1. The minimum Gasteiger partial charge on any atom is -0.467 e. The van der Waals surface area contributed by atoms with Crippen molar-refractivity contribution in [2.24, 2.45) is 0 Å². The number of hydrogen-bond acceptors (Lipinski definition) is 5. The second-order valence-electron chi connectivity index (χ2n) is 9.04. The molecule has 0 spiro atoms. The third-order valence-electron chi connectivity index (χ3n) is 6.06. The van der Waals surface area contributed by atoms with Crippen LogP contribution in [0.4, 0.5) is 8.78 Å². The van der Waals surface area contributed by atoms with Crippen LogP contribution >= 0.6 is 7.82 Å². The Hall–Kier alpha value is -3.17. The van der Waals surface area contributed by atoms with Crippen molar-refractivity contribution in [3.8, 4) is 28.3 Å². The van der Waals surface area contributed by atoms with Crippen LogP contribution in [0.25, 0.3) is 28.2 Å². The van der Waals surface area contributed by atoms with Crippen molar-refractivity contribution in [3.05, 3.63) is 71.7 Å². The average Bonchev–Trinajstić information content (AvgIpc) is 3.59. The zero-order chi connectivity index (χ0) is 25.6. The lowest BCUT2D eigenvalue weighted by molar-refractivity contribution is 0.0827. The molecule has 0 amide bonds. The minimum absolute atomic E-state index is 0.000813. The van der Waals surface area contributed by atoms with E-state index in [1.807, 2.05) is 13.8 Å². The van der Waals surface area contributed by atoms with Crippen LogP contribution in [0, 0.1) is 11.6 Å². The van der Waals surface area contributed by atoms with Gasteiger partial charge in [0.05, 0.1) is 23.3 Å². The van der Waals surface area contributed by atoms with Crippen molar-refractivity contribution < 1.29 is 32.4 Å². The van der Waals surface area contributed by atoms with E-state index in [2.05, 4.69) is 9.51 Å². The Kier molecular flexibility index (Phi) is 6.38. The number of phosphoric acid groups is 1. The molecular weight excluding hydrogens is 491 g/mol. The van der Waals surface area contributed by atoms with Gasteiger partial charge in [-0.25, -0.2) is 22.9 Å². The van der Waals surface area contributed by atoms with Crippen LogP contribution in [-0.2, 0) is 9.09 Å². The lowest BCUT2D eigenvalue weighted by atomic mass is 9.99. The van der Waals surface area contributed by atoms with Gasteiger partial charge in [-0.3, -0.25) is 9.38 Å². The summed E-state index contributed by atoms with van der Waals surface area (Å²) < 4.78 is 51.5. The van der Waals surface area contributed by atoms with Gasteiger partial charge in [0, 0.05) is 29.3 Å². The molecule has 0 radical (unpaired) electrons. The molecule has 1 saturated carbocycles. The SMILES string of the molecule is CC(C)c1cc(-c2cn3c(-c4ccc(OCOP(=O)(O)O)cc4F)c(C4CC4)nc3cn2)ccc1F. The number of halogens is 2. The Morgan fingerprint density at radius 3 is 2.58 bits per heavy atom. The summed E-state index contributed by atoms with van der Waals surface area (Å²) in [4.78, 5) is 26.8. The van der Waals surface area contributed by atoms with Crippen LogP contribution in [0.2, 0.25) is 0 Å². The highest BCUT2D eigenvalue weighted by molar-refractivity contribution is 7.46. The molecule has 2 heterocycles. The van der Waals surface area contributed by atoms with Gasteiger partial charge in [-0.05, 0) is 54.7 Å². The molecule has 2 aromatic heterocycles. The number of benzene rings is 2. The molecule has 2 aromatic carbocycles. The van der Waals surface area contributed by atoms with Gasteiger partial charge >= 0.3 is 7.82 Å². The van der Waals surface area contributed by atoms with Crippen LogP contribution in [0.15, 0.2) is 48.8 Å². The topological polar surface area (TPSA) is 106 Å². The Labute approximate surface area is 205 Å². The van der Waals surface area contributed by atoms with Gasteiger partial charge in [0.2, 0.25) is 0 Å². The molecule has 0 saturated heterocycles. The summed E-state index contributed by atoms with van der Waals surface area (Å²) in [6.07, 6.45) is 5.31. The van der Waals surface area contributed by atoms with E-state index >= 15 is 4.39 Å². The third-order valence-corrected chi connectivity index (χ3v) is 6.50. The summed E-state index contributed by atoms with van der Waals surface area (Å²) in [6, 6.07) is 9.03. The summed E-state index contributed by atoms with van der Waals surface area (Å²) >= 11 is 0. The highest BCUT2D eigenvalue weighted by Gasteiger charge is 2.32. The number of ether oxygens (including phenoxy) is 1. The van der Waals surface area contributed by atoms with Gasteiger partial charge in [0.25, 0.3) is 0 Å². The van der Waals surface area contributed by atoms with Crippen molar-refractivity contribution in [1.82, 2.24) is 14.4 Å². The van der Waals surface area contributed by atoms with E-state index < -0.39 is 20.4 Å². The Bertz CT molecular complexity index is 1500. The monoisotopic (exact) mass is 515 g/mol. The minimum atomic E-state index is -4.70. The molecular formula is C25H24F2N3O5P. The lowest BCUT2D eigenvalue weighted by Gasteiger charge is -2.12. The zero-order valence-electron chi connectivity index (χ0n) is 19.6. The predicted octanol–water partition coefficient (Wildman–Crippen LogP) is 5.79. The van der Waals surface area contributed by atoms with Gasteiger partial charge in [-0.15, -0.1) is 0 Å². The number of nitrogens with zero attached hydrogens (tertiary/aromatic N) is 3. The predicted molar refractivity (Wildman–Crippen MR) is 128 cm³/mol. The summed E-state index contributed by atoms with van der Waals surface area (Å²) in [5.41, 5.74) is 4.15. The van der Waals surface area contributed by atoms with Crippen LogP contribution in [-0.4, -0.2) is 30.9 Å². The van der Waals surface area contributed by atoms with Crippen molar-refractivity contribution in [3.63, 3.8) is 0 Å². The van der Waals surface area contributed by atoms with Crippen molar-refractivity contribution in [2.75, 3.05) is 6.79 Å². The van der Waals surface area contributed by atoms with Crippen LogP contribution in [0.3, 0.4) is 0 Å². The molecule has 5 rings (SSSR count). The summed E-state index contributed by atoms with van der Waals surface area (Å²) in [5, 5.41) is 0. The molecule has 0 atom stereocenters. The van der Waals surface area contributed by atoms with Gasteiger partial charge in [0.1, 0.15) is 17.4 Å². The van der Waals surface area contributed by atoms with E-state index in [1.165, 1.54) is 18.2 Å². The largest absolute Gasteiger partial charge is 0.472 e. The molecule has 2 N–H and O–H groups in total. The summed E-state index contributed by atoms with van der Waals surface area (Å²) in [5.74, 6) is -0.588. The van der Waals surface area contributed by atoms with Crippen molar-refractivity contribution in [1.29, 1.82) is 0 Å². The third kappa shape index (κ3) is 5.03. The standard InChI is InChI=1S/C25H24F2N3O5P/c1-14(2)19-9-16(5-8-20(19)26)22-12-30-23(11-28-22)29-24(15-3-4-15)25(30)18-7-6-17(10-21(18)27)34-13-35-36(31,32)33/h5-12,14-15H,3-4,13H2,1-2H3,(H2,31,32,33). The van der Waals surface area contributed by atoms with Crippen molar-refractivity contribution in [2.45, 2.75) is 38.5 Å². The molecule has 0 unspecified atom stereocenters. The number of aromatic nitrogens is 3. The van der Waals surface area contributed by atoms with Crippen LogP contribution in [0.5, 0.6) is 5.75 Å². The molecule has 1 fully saturated rings. The summed E-state index contributed by atoms with van der Waals surface area (Å²) in [7, 11) is -4.70. The van der Waals surface area contributed by atoms with E-state index in [1.54, 1.807) is 28.9 Å². The first-order valence-corrected chi connectivity index (χ1v) is 12.9. The molecule has 4 aromatic rings. The molecule has 36 heavy (non-hydrogen) atoms. The Morgan fingerprint density at radius 1 is 1.14 bits per heavy atom. The zero-order valence-corrected chi connectivity index (χ0v) is 20.5. The number of phosphoric ester groups is 1. The molecule has 1 aliphatic carbocycles. The van der Waals surface area contributed by atoms with Crippen LogP contribution < -0.4 is 4.74 Å². The van der Waals surface area contributed by atoms with Gasteiger partial charge in [-0.1, -0.05) is 13.8 Å². The van der Waals surface area contributed by atoms with Gasteiger partial charge in [0.15, 0.2) is 12.4 Å². The maximum Gasteiger partial charge on any atom is 0.472 e. The van der Waals surface area contributed by atoms with E-state index in [-0.39, 0.29) is 23.4 Å². The molecule has 8 nitrogen and oxygen atoms in total. The highest BCUT2D eigenvalue weighted by Crippen LogP contribution is 2.45. The first-order valence-electron chi connectivity index (χ1n) is 11.4. The van der Waals surface area contributed by atoms with Gasteiger partial charge < -0.3 is 14.5 Å². The highest BCUT2D eigenvalue weighted by atomic mass is 31.2. The number of rotatable bonds is 8. The molecule has 1 aliphatic rings. The average molecular weight is 515 g/mol. The quantitative estimate of drug-likeness (QED) is 0.226. The second kappa shape index (κ2) is 9.37. The van der Waals surface area contributed by atoms with E-state index in [0.717, 1.165) is 30.2 Å². The second-order valence-corrected chi connectivity index (χ2v) is 10.3. The fourth-order valence-electron chi connectivity index (χ4n) is 4.12. The maximum absolute atomic E-state index is 15.3. The number of imidazole rings is 1. The van der Waals surface area contributed by atoms with E-state index in [4.69, 9.17) is 19.5 Å².